The number of nitrogens with zero attached hydrogens (tertiary/aromatic N) is 2. The van der Waals surface area contributed by atoms with Crippen molar-refractivity contribution in [1.29, 1.82) is 0 Å². The van der Waals surface area contributed by atoms with Crippen molar-refractivity contribution in [2.75, 3.05) is 11.6 Å². The molecule has 1 N–H and O–H groups in total. The van der Waals surface area contributed by atoms with Gasteiger partial charge in [-0.05, 0) is 56.9 Å². The van der Waals surface area contributed by atoms with E-state index in [2.05, 4.69) is 91.2 Å². The molecule has 0 saturated carbocycles. The maximum atomic E-state index is 3.78. The van der Waals surface area contributed by atoms with Crippen molar-refractivity contribution >= 4 is 16.6 Å². The third-order valence-electron chi connectivity index (χ3n) is 6.83. The van der Waals surface area contributed by atoms with Crippen LogP contribution in [0.25, 0.3) is 10.9 Å². The zero-order valence-corrected chi connectivity index (χ0v) is 16.8. The minimum absolute atomic E-state index is 0.190. The number of hydrazine groups is 1. The van der Waals surface area contributed by atoms with Crippen LogP contribution in [-0.4, -0.2) is 22.1 Å². The van der Waals surface area contributed by atoms with Gasteiger partial charge >= 0.3 is 0 Å². The Kier molecular flexibility index (Phi) is 3.67. The van der Waals surface area contributed by atoms with Crippen LogP contribution in [0, 0.1) is 6.92 Å². The fourth-order valence-corrected chi connectivity index (χ4v) is 5.36. The van der Waals surface area contributed by atoms with Gasteiger partial charge in [0.05, 0.1) is 11.7 Å². The summed E-state index contributed by atoms with van der Waals surface area (Å²) in [5.41, 5.74) is 7.02. The number of aryl methyl sites for hydroxylation is 1. The number of rotatable bonds is 2. The van der Waals surface area contributed by atoms with Crippen LogP contribution in [0.3, 0.4) is 0 Å². The molecule has 2 aromatic carbocycles. The minimum atomic E-state index is 0.190. The van der Waals surface area contributed by atoms with E-state index in [1.807, 2.05) is 0 Å². The van der Waals surface area contributed by atoms with Gasteiger partial charge in [0.1, 0.15) is 0 Å². The lowest BCUT2D eigenvalue weighted by Gasteiger charge is -2.44. The standard InChI is InChI=1S/C24H29N3/c1-16-18-10-5-7-12-20(18)25-22(16)23-17(2)19-11-6-8-13-21(19)27(23)26-15-9-14-24(26,3)4/h5-8,10-13,17,23,25H,9,14-15H2,1-4H3. The van der Waals surface area contributed by atoms with Crippen molar-refractivity contribution in [2.45, 2.75) is 58.0 Å². The summed E-state index contributed by atoms with van der Waals surface area (Å²) in [6, 6.07) is 18.0. The number of hydrogen-bond acceptors (Lipinski definition) is 2. The quantitative estimate of drug-likeness (QED) is 0.612. The van der Waals surface area contributed by atoms with Crippen LogP contribution in [0.4, 0.5) is 5.69 Å². The normalized spacial score (nSPS) is 24.7. The van der Waals surface area contributed by atoms with Gasteiger partial charge in [0, 0.05) is 34.6 Å². The highest BCUT2D eigenvalue weighted by atomic mass is 15.7. The minimum Gasteiger partial charge on any atom is -0.356 e. The Balaban J connectivity index is 1.71. The van der Waals surface area contributed by atoms with Gasteiger partial charge in [0.15, 0.2) is 0 Å². The van der Waals surface area contributed by atoms with Crippen LogP contribution in [0.1, 0.15) is 62.4 Å². The van der Waals surface area contributed by atoms with Crippen LogP contribution in [0.2, 0.25) is 0 Å². The average Bonchev–Trinajstić information content (AvgIpc) is 3.27. The van der Waals surface area contributed by atoms with Crippen molar-refractivity contribution < 1.29 is 0 Å². The van der Waals surface area contributed by atoms with E-state index < -0.39 is 0 Å². The topological polar surface area (TPSA) is 22.3 Å². The molecule has 2 aliphatic rings. The summed E-state index contributed by atoms with van der Waals surface area (Å²) in [7, 11) is 0. The number of nitrogens with one attached hydrogen (secondary N) is 1. The zero-order valence-electron chi connectivity index (χ0n) is 16.8. The van der Waals surface area contributed by atoms with Gasteiger partial charge in [-0.15, -0.1) is 0 Å². The fraction of sp³-hybridized carbons (Fsp3) is 0.417. The molecule has 2 unspecified atom stereocenters. The highest BCUT2D eigenvalue weighted by molar-refractivity contribution is 5.85. The first-order valence-corrected chi connectivity index (χ1v) is 10.2. The van der Waals surface area contributed by atoms with E-state index in [1.165, 1.54) is 46.3 Å². The molecule has 0 aliphatic carbocycles. The van der Waals surface area contributed by atoms with Crippen LogP contribution in [0.5, 0.6) is 0 Å². The Morgan fingerprint density at radius 2 is 1.78 bits per heavy atom. The zero-order chi connectivity index (χ0) is 18.8. The largest absolute Gasteiger partial charge is 0.356 e. The van der Waals surface area contributed by atoms with E-state index in [-0.39, 0.29) is 5.54 Å². The van der Waals surface area contributed by atoms with E-state index in [1.54, 1.807) is 0 Å². The lowest BCUT2D eigenvalue weighted by atomic mass is 9.93. The third-order valence-corrected chi connectivity index (χ3v) is 6.83. The van der Waals surface area contributed by atoms with E-state index in [0.717, 1.165) is 6.54 Å². The van der Waals surface area contributed by atoms with Crippen molar-refractivity contribution in [3.8, 4) is 0 Å². The number of aromatic nitrogens is 1. The second-order valence-corrected chi connectivity index (χ2v) is 8.89. The monoisotopic (exact) mass is 359 g/mol. The highest BCUT2D eigenvalue weighted by Crippen LogP contribution is 2.52. The second kappa shape index (κ2) is 5.87. The number of H-pyrrole nitrogens is 1. The molecule has 0 spiro atoms. The maximum absolute atomic E-state index is 3.78. The Labute approximate surface area is 162 Å². The first kappa shape index (κ1) is 16.9. The Morgan fingerprint density at radius 3 is 2.52 bits per heavy atom. The summed E-state index contributed by atoms with van der Waals surface area (Å²) in [6.45, 7) is 10.6. The maximum Gasteiger partial charge on any atom is 0.0925 e. The summed E-state index contributed by atoms with van der Waals surface area (Å²) in [6.07, 6.45) is 2.51. The van der Waals surface area contributed by atoms with E-state index in [0.29, 0.717) is 12.0 Å². The number of anilines is 1. The number of para-hydroxylation sites is 2. The van der Waals surface area contributed by atoms with Crippen LogP contribution in [-0.2, 0) is 0 Å². The summed E-state index contributed by atoms with van der Waals surface area (Å²) < 4.78 is 0. The molecule has 1 aromatic heterocycles. The fourth-order valence-electron chi connectivity index (χ4n) is 5.36. The number of benzene rings is 2. The van der Waals surface area contributed by atoms with Gasteiger partial charge in [-0.3, -0.25) is 5.01 Å². The summed E-state index contributed by atoms with van der Waals surface area (Å²) in [5.74, 6) is 0.448. The van der Waals surface area contributed by atoms with Gasteiger partial charge < -0.3 is 4.98 Å². The molecule has 1 saturated heterocycles. The number of fused-ring (bicyclic) bond motifs is 2. The third kappa shape index (κ3) is 2.37. The molecular formula is C24H29N3. The molecule has 3 aromatic rings. The van der Waals surface area contributed by atoms with Gasteiger partial charge in [-0.2, -0.15) is 0 Å². The highest BCUT2D eigenvalue weighted by Gasteiger charge is 2.46. The molecule has 0 bridgehead atoms. The smallest absolute Gasteiger partial charge is 0.0925 e. The molecule has 140 valence electrons. The molecule has 27 heavy (non-hydrogen) atoms. The van der Waals surface area contributed by atoms with Crippen LogP contribution in [0.15, 0.2) is 48.5 Å². The first-order chi connectivity index (χ1) is 13.0. The molecule has 3 heteroatoms. The molecule has 0 radical (unpaired) electrons. The van der Waals surface area contributed by atoms with Crippen molar-refractivity contribution in [3.05, 3.63) is 65.4 Å². The van der Waals surface area contributed by atoms with Crippen molar-refractivity contribution in [3.63, 3.8) is 0 Å². The molecule has 3 nitrogen and oxygen atoms in total. The molecule has 2 atom stereocenters. The number of hydrogen-bond donors (Lipinski definition) is 1. The SMILES string of the molecule is Cc1c(C2C(C)c3ccccc3N2N2CCCC2(C)C)[nH]c2ccccc12. The summed E-state index contributed by atoms with van der Waals surface area (Å²) in [5, 5.41) is 6.59. The average molecular weight is 360 g/mol. The Bertz CT molecular complexity index is 1000. The second-order valence-electron chi connectivity index (χ2n) is 8.89. The van der Waals surface area contributed by atoms with Gasteiger partial charge in [-0.25, -0.2) is 5.01 Å². The van der Waals surface area contributed by atoms with Gasteiger partial charge in [-0.1, -0.05) is 43.3 Å². The molecule has 1 fully saturated rings. The number of aromatic amines is 1. The Hall–Kier alpha value is -2.26. The summed E-state index contributed by atoms with van der Waals surface area (Å²) in [4.78, 5) is 3.78. The lowest BCUT2D eigenvalue weighted by Crippen LogP contribution is -2.51. The lowest BCUT2D eigenvalue weighted by molar-refractivity contribution is 0.139. The summed E-state index contributed by atoms with van der Waals surface area (Å²) >= 11 is 0. The van der Waals surface area contributed by atoms with E-state index in [9.17, 15) is 0 Å². The van der Waals surface area contributed by atoms with E-state index >= 15 is 0 Å². The van der Waals surface area contributed by atoms with Crippen LogP contribution < -0.4 is 5.01 Å². The van der Waals surface area contributed by atoms with Crippen molar-refractivity contribution in [2.24, 2.45) is 0 Å². The molecule has 0 amide bonds. The van der Waals surface area contributed by atoms with E-state index in [4.69, 9.17) is 0 Å². The predicted octanol–water partition coefficient (Wildman–Crippen LogP) is 5.93. The molecular weight excluding hydrogens is 330 g/mol. The Morgan fingerprint density at radius 1 is 1.04 bits per heavy atom. The molecule has 3 heterocycles. The molecule has 2 aliphatic heterocycles. The van der Waals surface area contributed by atoms with Gasteiger partial charge in [0.25, 0.3) is 0 Å². The predicted molar refractivity (Wildman–Crippen MR) is 113 cm³/mol. The van der Waals surface area contributed by atoms with Crippen LogP contribution >= 0.6 is 0 Å². The molecule has 5 rings (SSSR count). The van der Waals surface area contributed by atoms with Gasteiger partial charge in [0.2, 0.25) is 0 Å². The first-order valence-electron chi connectivity index (χ1n) is 10.2. The van der Waals surface area contributed by atoms with Crippen molar-refractivity contribution in [1.82, 2.24) is 9.99 Å².